The maximum Gasteiger partial charge on any atom is 0.315 e. The molecule has 0 saturated heterocycles. The van der Waals surface area contributed by atoms with E-state index in [9.17, 15) is 14.7 Å². The van der Waals surface area contributed by atoms with Crippen LogP contribution >= 0.6 is 0 Å². The van der Waals surface area contributed by atoms with E-state index in [-0.39, 0.29) is 18.9 Å². The molecule has 0 radical (unpaired) electrons. The van der Waals surface area contributed by atoms with Gasteiger partial charge in [-0.15, -0.1) is 0 Å². The van der Waals surface area contributed by atoms with Crippen LogP contribution in [0.5, 0.6) is 0 Å². The van der Waals surface area contributed by atoms with Gasteiger partial charge in [0.25, 0.3) is 0 Å². The van der Waals surface area contributed by atoms with Crippen molar-refractivity contribution in [3.8, 4) is 0 Å². The zero-order valence-corrected chi connectivity index (χ0v) is 15.6. The van der Waals surface area contributed by atoms with Crippen LogP contribution in [0.25, 0.3) is 10.9 Å². The van der Waals surface area contributed by atoms with Gasteiger partial charge in [-0.1, -0.05) is 48.5 Å². The highest BCUT2D eigenvalue weighted by atomic mass is 16.4. The highest BCUT2D eigenvalue weighted by Crippen LogP contribution is 2.24. The van der Waals surface area contributed by atoms with E-state index < -0.39 is 11.4 Å². The summed E-state index contributed by atoms with van der Waals surface area (Å²) >= 11 is 0. The minimum Gasteiger partial charge on any atom is -0.481 e. The molecular formula is C22H24N2O3. The number of amides is 1. The van der Waals surface area contributed by atoms with Crippen LogP contribution in [0.1, 0.15) is 25.0 Å². The highest BCUT2D eigenvalue weighted by Gasteiger charge is 2.35. The lowest BCUT2D eigenvalue weighted by atomic mass is 9.82. The van der Waals surface area contributed by atoms with E-state index in [1.54, 1.807) is 31.2 Å². The summed E-state index contributed by atoms with van der Waals surface area (Å²) < 4.78 is 2.11. The molecule has 140 valence electrons. The Bertz CT molecular complexity index is 962. The first-order valence-corrected chi connectivity index (χ1v) is 9.08. The summed E-state index contributed by atoms with van der Waals surface area (Å²) in [6.07, 6.45) is 2.22. The normalized spacial score (nSPS) is 13.3. The predicted octanol–water partition coefficient (Wildman–Crippen LogP) is 3.36. The van der Waals surface area contributed by atoms with Crippen LogP contribution in [-0.2, 0) is 28.0 Å². The van der Waals surface area contributed by atoms with E-state index in [4.69, 9.17) is 0 Å². The molecule has 0 spiro atoms. The SMILES string of the molecule is CCn1cc(CC(=O)NCC(C)(C(=O)O)c2ccccc2)c2ccccc21. The van der Waals surface area contributed by atoms with Gasteiger partial charge in [-0.3, -0.25) is 9.59 Å². The maximum absolute atomic E-state index is 12.5. The summed E-state index contributed by atoms with van der Waals surface area (Å²) in [5.41, 5.74) is 1.54. The number of aromatic nitrogens is 1. The Morgan fingerprint density at radius 1 is 1.07 bits per heavy atom. The van der Waals surface area contributed by atoms with Crippen LogP contribution in [0.4, 0.5) is 0 Å². The molecular weight excluding hydrogens is 340 g/mol. The Kier molecular flexibility index (Phi) is 5.31. The third-order valence-electron chi connectivity index (χ3n) is 5.08. The Morgan fingerprint density at radius 3 is 2.41 bits per heavy atom. The van der Waals surface area contributed by atoms with Gasteiger partial charge in [0, 0.05) is 30.2 Å². The molecule has 1 atom stereocenters. The minimum atomic E-state index is -1.17. The molecule has 1 aromatic heterocycles. The van der Waals surface area contributed by atoms with Crippen molar-refractivity contribution in [1.29, 1.82) is 0 Å². The second-order valence-electron chi connectivity index (χ2n) is 6.91. The maximum atomic E-state index is 12.5. The van der Waals surface area contributed by atoms with Crippen LogP contribution in [0.2, 0.25) is 0 Å². The van der Waals surface area contributed by atoms with E-state index in [1.807, 2.05) is 36.5 Å². The average Bonchev–Trinajstić information content (AvgIpc) is 3.04. The number of hydrogen-bond donors (Lipinski definition) is 2. The third-order valence-corrected chi connectivity index (χ3v) is 5.08. The first-order valence-electron chi connectivity index (χ1n) is 9.08. The van der Waals surface area contributed by atoms with Gasteiger partial charge >= 0.3 is 5.97 Å². The molecule has 2 N–H and O–H groups in total. The van der Waals surface area contributed by atoms with Crippen molar-refractivity contribution in [2.45, 2.75) is 32.2 Å². The fourth-order valence-corrected chi connectivity index (χ4v) is 3.34. The quantitative estimate of drug-likeness (QED) is 0.675. The number of carbonyl (C=O) groups is 2. The predicted molar refractivity (Wildman–Crippen MR) is 106 cm³/mol. The van der Waals surface area contributed by atoms with Crippen molar-refractivity contribution < 1.29 is 14.7 Å². The highest BCUT2D eigenvalue weighted by molar-refractivity contribution is 5.90. The summed E-state index contributed by atoms with van der Waals surface area (Å²) in [6.45, 7) is 4.56. The lowest BCUT2D eigenvalue weighted by Crippen LogP contribution is -2.44. The van der Waals surface area contributed by atoms with Crippen LogP contribution in [0.3, 0.4) is 0 Å². The summed E-state index contributed by atoms with van der Waals surface area (Å²) in [5, 5.41) is 13.6. The Labute approximate surface area is 158 Å². The van der Waals surface area contributed by atoms with Crippen molar-refractivity contribution in [1.82, 2.24) is 9.88 Å². The standard InChI is InChI=1S/C22H24N2O3/c1-3-24-14-16(18-11-7-8-12-19(18)24)13-20(25)23-15-22(2,21(26)27)17-9-5-4-6-10-17/h4-12,14H,3,13,15H2,1-2H3,(H,23,25)(H,26,27). The molecule has 5 nitrogen and oxygen atoms in total. The number of nitrogens with zero attached hydrogens (tertiary/aromatic N) is 1. The molecule has 1 unspecified atom stereocenters. The minimum absolute atomic E-state index is 0.0393. The topological polar surface area (TPSA) is 71.3 Å². The third kappa shape index (κ3) is 3.72. The number of carbonyl (C=O) groups excluding carboxylic acids is 1. The largest absolute Gasteiger partial charge is 0.481 e. The Balaban J connectivity index is 1.75. The molecule has 27 heavy (non-hydrogen) atoms. The zero-order valence-electron chi connectivity index (χ0n) is 15.6. The van der Waals surface area contributed by atoms with Gasteiger partial charge in [-0.05, 0) is 31.0 Å². The molecule has 0 fully saturated rings. The number of fused-ring (bicyclic) bond motifs is 1. The van der Waals surface area contributed by atoms with E-state index in [1.165, 1.54) is 0 Å². The molecule has 2 aromatic carbocycles. The summed E-state index contributed by atoms with van der Waals surface area (Å²) in [7, 11) is 0. The molecule has 1 amide bonds. The van der Waals surface area contributed by atoms with Crippen molar-refractivity contribution in [3.63, 3.8) is 0 Å². The molecule has 0 saturated carbocycles. The second kappa shape index (κ2) is 7.66. The number of carboxylic acid groups (broad SMARTS) is 1. The molecule has 3 aromatic rings. The lowest BCUT2D eigenvalue weighted by molar-refractivity contribution is -0.143. The Hall–Kier alpha value is -3.08. The molecule has 3 rings (SSSR count). The summed E-state index contributed by atoms with van der Waals surface area (Å²) in [4.78, 5) is 24.4. The number of benzene rings is 2. The first-order chi connectivity index (χ1) is 13.0. The van der Waals surface area contributed by atoms with Crippen LogP contribution in [0.15, 0.2) is 60.8 Å². The van der Waals surface area contributed by atoms with E-state index in [2.05, 4.69) is 16.8 Å². The van der Waals surface area contributed by atoms with Gasteiger partial charge in [0.2, 0.25) is 5.91 Å². The monoisotopic (exact) mass is 364 g/mol. The van der Waals surface area contributed by atoms with Crippen molar-refractivity contribution in [2.75, 3.05) is 6.54 Å². The van der Waals surface area contributed by atoms with Crippen molar-refractivity contribution in [2.24, 2.45) is 0 Å². The fourth-order valence-electron chi connectivity index (χ4n) is 3.34. The van der Waals surface area contributed by atoms with E-state index >= 15 is 0 Å². The molecule has 5 heteroatoms. The fraction of sp³-hybridized carbons (Fsp3) is 0.273. The van der Waals surface area contributed by atoms with Gasteiger partial charge in [-0.2, -0.15) is 0 Å². The average molecular weight is 364 g/mol. The lowest BCUT2D eigenvalue weighted by Gasteiger charge is -2.25. The van der Waals surface area contributed by atoms with Crippen LogP contribution < -0.4 is 5.32 Å². The van der Waals surface area contributed by atoms with Gasteiger partial charge < -0.3 is 15.0 Å². The zero-order chi connectivity index (χ0) is 19.4. The van der Waals surface area contributed by atoms with Crippen molar-refractivity contribution >= 4 is 22.8 Å². The smallest absolute Gasteiger partial charge is 0.315 e. The van der Waals surface area contributed by atoms with Crippen LogP contribution in [0, 0.1) is 0 Å². The number of nitrogens with one attached hydrogen (secondary N) is 1. The second-order valence-corrected chi connectivity index (χ2v) is 6.91. The molecule has 0 bridgehead atoms. The summed E-state index contributed by atoms with van der Waals surface area (Å²) in [5.74, 6) is -1.14. The number of aliphatic carboxylic acids is 1. The number of carboxylic acids is 1. The van der Waals surface area contributed by atoms with Gasteiger partial charge in [0.05, 0.1) is 6.42 Å². The van der Waals surface area contributed by atoms with E-state index in [0.29, 0.717) is 5.56 Å². The molecule has 0 aliphatic heterocycles. The van der Waals surface area contributed by atoms with Gasteiger partial charge in [0.1, 0.15) is 5.41 Å². The van der Waals surface area contributed by atoms with Gasteiger partial charge in [0.15, 0.2) is 0 Å². The van der Waals surface area contributed by atoms with E-state index in [0.717, 1.165) is 23.0 Å². The van der Waals surface area contributed by atoms with Crippen LogP contribution in [-0.4, -0.2) is 28.1 Å². The molecule has 0 aliphatic carbocycles. The Morgan fingerprint density at radius 2 is 1.74 bits per heavy atom. The molecule has 1 heterocycles. The van der Waals surface area contributed by atoms with Crippen molar-refractivity contribution in [3.05, 3.63) is 71.9 Å². The van der Waals surface area contributed by atoms with Gasteiger partial charge in [-0.25, -0.2) is 0 Å². The first kappa shape index (κ1) is 18.7. The summed E-state index contributed by atoms with van der Waals surface area (Å²) in [6, 6.07) is 17.0. The molecule has 0 aliphatic rings. The number of para-hydroxylation sites is 1. The number of hydrogen-bond acceptors (Lipinski definition) is 2. The number of rotatable bonds is 7. The number of aryl methyl sites for hydroxylation is 1.